The molecule has 1 spiro atoms. The van der Waals surface area contributed by atoms with E-state index in [1.165, 1.54) is 26.4 Å². The van der Waals surface area contributed by atoms with Crippen LogP contribution < -0.4 is 14.4 Å². The Morgan fingerprint density at radius 1 is 1.15 bits per heavy atom. The minimum absolute atomic E-state index is 0.160. The number of hydrogen-bond acceptors (Lipinski definition) is 9. The molecule has 1 atom stereocenters. The molecule has 1 fully saturated rings. The van der Waals surface area contributed by atoms with Gasteiger partial charge in [0.05, 0.1) is 38.7 Å². The molecule has 11 heteroatoms. The largest absolute Gasteiger partial charge is 0.493 e. The predicted molar refractivity (Wildman–Crippen MR) is 91.1 cm³/mol. The average Bonchev–Trinajstić information content (AvgIpc) is 3.17. The van der Waals surface area contributed by atoms with Gasteiger partial charge in [0.1, 0.15) is 0 Å². The van der Waals surface area contributed by atoms with Crippen LogP contribution in [-0.2, 0) is 19.1 Å². The van der Waals surface area contributed by atoms with Crippen molar-refractivity contribution in [2.45, 2.75) is 18.4 Å². The Hall–Kier alpha value is -3.50. The Morgan fingerprint density at radius 2 is 1.85 bits per heavy atom. The number of carbonyl (C=O) groups is 3. The molecular formula is C16H16N4O7. The van der Waals surface area contributed by atoms with Crippen molar-refractivity contribution >= 4 is 29.2 Å². The van der Waals surface area contributed by atoms with Crippen LogP contribution in [0, 0.1) is 4.91 Å². The summed E-state index contributed by atoms with van der Waals surface area (Å²) in [5.41, 5.74) is -1.61. The summed E-state index contributed by atoms with van der Waals surface area (Å²) >= 11 is 0. The van der Waals surface area contributed by atoms with Gasteiger partial charge in [-0.3, -0.25) is 9.59 Å². The van der Waals surface area contributed by atoms with Gasteiger partial charge in [0.2, 0.25) is 5.91 Å². The van der Waals surface area contributed by atoms with Gasteiger partial charge in [0, 0.05) is 12.5 Å². The number of nitrogens with zero attached hydrogens (tertiary/aromatic N) is 4. The summed E-state index contributed by atoms with van der Waals surface area (Å²) in [6, 6.07) is 4.51. The molecular weight excluding hydrogens is 360 g/mol. The highest BCUT2D eigenvalue weighted by Crippen LogP contribution is 2.42. The lowest BCUT2D eigenvalue weighted by Gasteiger charge is -2.25. The number of rotatable bonds is 5. The molecule has 2 aliphatic heterocycles. The molecule has 142 valence electrons. The summed E-state index contributed by atoms with van der Waals surface area (Å²) in [5.74, 6) is -1.35. The second kappa shape index (κ2) is 6.67. The molecule has 2 amide bonds. The number of carbonyl (C=O) groups excluding carboxylic acids is 3. The van der Waals surface area contributed by atoms with Crippen LogP contribution in [0.25, 0.3) is 0 Å². The van der Waals surface area contributed by atoms with Crippen LogP contribution in [0.2, 0.25) is 0 Å². The monoisotopic (exact) mass is 376 g/mol. The van der Waals surface area contributed by atoms with E-state index < -0.39 is 23.3 Å². The van der Waals surface area contributed by atoms with Gasteiger partial charge in [0.25, 0.3) is 5.91 Å². The molecule has 0 saturated carbocycles. The van der Waals surface area contributed by atoms with Crippen LogP contribution in [0.3, 0.4) is 0 Å². The number of benzene rings is 1. The summed E-state index contributed by atoms with van der Waals surface area (Å²) in [7, 11) is 4.02. The minimum atomic E-state index is -1.69. The topological polar surface area (TPSA) is 127 Å². The van der Waals surface area contributed by atoms with Gasteiger partial charge in [-0.25, -0.2) is 9.69 Å². The first-order valence-electron chi connectivity index (χ1n) is 7.80. The van der Waals surface area contributed by atoms with Crippen molar-refractivity contribution < 1.29 is 28.6 Å². The van der Waals surface area contributed by atoms with Gasteiger partial charge in [-0.1, -0.05) is 0 Å². The lowest BCUT2D eigenvalue weighted by molar-refractivity contribution is -0.132. The Labute approximate surface area is 153 Å². The second-order valence-electron chi connectivity index (χ2n) is 5.87. The molecule has 2 heterocycles. The zero-order valence-electron chi connectivity index (χ0n) is 14.8. The first kappa shape index (κ1) is 18.3. The lowest BCUT2D eigenvalue weighted by Crippen LogP contribution is -2.48. The molecule has 1 aromatic carbocycles. The highest BCUT2D eigenvalue weighted by atomic mass is 16.5. The Balaban J connectivity index is 1.99. The first-order valence-corrected chi connectivity index (χ1v) is 7.80. The fourth-order valence-corrected chi connectivity index (χ4v) is 3.17. The van der Waals surface area contributed by atoms with Crippen LogP contribution in [0.15, 0.2) is 28.6 Å². The summed E-state index contributed by atoms with van der Waals surface area (Å²) in [5, 5.41) is 7.02. The maximum Gasteiger partial charge on any atom is 0.354 e. The van der Waals surface area contributed by atoms with E-state index >= 15 is 0 Å². The number of hydrazone groups is 1. The first-order chi connectivity index (χ1) is 12.9. The average molecular weight is 376 g/mol. The van der Waals surface area contributed by atoms with Crippen molar-refractivity contribution in [2.75, 3.05) is 26.2 Å². The van der Waals surface area contributed by atoms with Gasteiger partial charge >= 0.3 is 5.97 Å². The highest BCUT2D eigenvalue weighted by molar-refractivity contribution is 6.39. The molecule has 0 aliphatic carbocycles. The summed E-state index contributed by atoms with van der Waals surface area (Å²) in [6.45, 7) is 0. The molecule has 0 N–H and O–H groups in total. The van der Waals surface area contributed by atoms with Crippen molar-refractivity contribution in [3.63, 3.8) is 0 Å². The Bertz CT molecular complexity index is 868. The van der Waals surface area contributed by atoms with Gasteiger partial charge < -0.3 is 14.2 Å². The molecule has 11 nitrogen and oxygen atoms in total. The molecule has 1 aromatic rings. The van der Waals surface area contributed by atoms with Crippen molar-refractivity contribution in [1.29, 1.82) is 0 Å². The van der Waals surface area contributed by atoms with Crippen molar-refractivity contribution in [3.05, 3.63) is 23.1 Å². The van der Waals surface area contributed by atoms with Crippen LogP contribution in [0.5, 0.6) is 11.5 Å². The van der Waals surface area contributed by atoms with Crippen molar-refractivity contribution in [1.82, 2.24) is 5.12 Å². The molecule has 1 unspecified atom stereocenters. The zero-order valence-corrected chi connectivity index (χ0v) is 14.8. The summed E-state index contributed by atoms with van der Waals surface area (Å²) in [4.78, 5) is 49.6. The highest BCUT2D eigenvalue weighted by Gasteiger charge is 2.61. The van der Waals surface area contributed by atoms with E-state index in [9.17, 15) is 19.3 Å². The number of esters is 1. The number of imide groups is 1. The lowest BCUT2D eigenvalue weighted by atomic mass is 9.92. The molecule has 1 saturated heterocycles. The number of amides is 2. The summed E-state index contributed by atoms with van der Waals surface area (Å²) < 4.78 is 14.9. The van der Waals surface area contributed by atoms with Crippen LogP contribution in [0.4, 0.5) is 5.69 Å². The van der Waals surface area contributed by atoms with Gasteiger partial charge in [0.15, 0.2) is 22.7 Å². The zero-order chi connectivity index (χ0) is 19.8. The van der Waals surface area contributed by atoms with E-state index in [1.807, 2.05) is 0 Å². The third-order valence-electron chi connectivity index (χ3n) is 4.48. The van der Waals surface area contributed by atoms with E-state index in [2.05, 4.69) is 15.1 Å². The van der Waals surface area contributed by atoms with Gasteiger partial charge in [-0.05, 0) is 12.1 Å². The fourth-order valence-electron chi connectivity index (χ4n) is 3.17. The molecule has 0 bridgehead atoms. The molecule has 0 radical (unpaired) electrons. The van der Waals surface area contributed by atoms with Crippen molar-refractivity contribution in [2.24, 2.45) is 10.4 Å². The standard InChI is InChI=1S/C16H16N4O7/c1-25-11-5-4-9(6-12(11)26-2)19-13(21)8-16(15(19)23)7-10(14(22)27-3)17-20(16)18-24/h4-6H,7-8H2,1-3H3. The van der Waals surface area contributed by atoms with E-state index in [4.69, 9.17) is 9.47 Å². The molecule has 0 aromatic heterocycles. The number of ether oxygens (including phenoxy) is 3. The maximum absolute atomic E-state index is 13.1. The second-order valence-corrected chi connectivity index (χ2v) is 5.87. The molecule has 2 aliphatic rings. The summed E-state index contributed by atoms with van der Waals surface area (Å²) in [6.07, 6.45) is -0.629. The van der Waals surface area contributed by atoms with E-state index in [0.29, 0.717) is 16.6 Å². The quantitative estimate of drug-likeness (QED) is 0.416. The number of nitroso groups, excluding NO2 is 1. The number of hydrogen-bond donors (Lipinski definition) is 0. The molecule has 27 heavy (non-hydrogen) atoms. The smallest absolute Gasteiger partial charge is 0.354 e. The van der Waals surface area contributed by atoms with Crippen LogP contribution >= 0.6 is 0 Å². The Morgan fingerprint density at radius 3 is 2.44 bits per heavy atom. The third-order valence-corrected chi connectivity index (χ3v) is 4.48. The normalized spacial score (nSPS) is 21.5. The number of methoxy groups -OCH3 is 3. The minimum Gasteiger partial charge on any atom is -0.493 e. The third kappa shape index (κ3) is 2.67. The van der Waals surface area contributed by atoms with Gasteiger partial charge in [-0.15, -0.1) is 15.1 Å². The van der Waals surface area contributed by atoms with Crippen LogP contribution in [0.1, 0.15) is 12.8 Å². The van der Waals surface area contributed by atoms with E-state index in [-0.39, 0.29) is 24.2 Å². The van der Waals surface area contributed by atoms with Crippen molar-refractivity contribution in [3.8, 4) is 11.5 Å². The maximum atomic E-state index is 13.1. The predicted octanol–water partition coefficient (Wildman–Crippen LogP) is 0.622. The molecule has 3 rings (SSSR count). The van der Waals surface area contributed by atoms with Gasteiger partial charge in [-0.2, -0.15) is 0 Å². The fraction of sp³-hybridized carbons (Fsp3) is 0.375. The van der Waals surface area contributed by atoms with Crippen LogP contribution in [-0.4, -0.2) is 55.5 Å². The number of anilines is 1. The Kier molecular flexibility index (Phi) is 4.52. The SMILES string of the molecule is COC(=O)C1=NN(N=O)C2(CC(=O)N(c3ccc(OC)c(OC)c3)C2=O)C1. The van der Waals surface area contributed by atoms with E-state index in [1.54, 1.807) is 6.07 Å². The van der Waals surface area contributed by atoms with E-state index in [0.717, 1.165) is 12.0 Å².